The molecule has 0 aromatic heterocycles. The Morgan fingerprint density at radius 1 is 1.45 bits per heavy atom. The van der Waals surface area contributed by atoms with Crippen LogP contribution in [0.1, 0.15) is 26.7 Å². The van der Waals surface area contributed by atoms with Crippen LogP contribution >= 0.6 is 0 Å². The van der Waals surface area contributed by atoms with E-state index in [1.165, 1.54) is 6.08 Å². The van der Waals surface area contributed by atoms with Crippen LogP contribution in [0.2, 0.25) is 0 Å². The Balaban J connectivity index is 2.15. The maximum Gasteiger partial charge on any atom is 0.210 e. The number of nitrogens with zero attached hydrogens (tertiary/aromatic N) is 1. The molecule has 2 heterocycles. The Labute approximate surface area is 130 Å². The zero-order valence-electron chi connectivity index (χ0n) is 13.0. The lowest BCUT2D eigenvalue weighted by atomic mass is 9.93. The van der Waals surface area contributed by atoms with Crippen LogP contribution in [0.4, 0.5) is 0 Å². The highest BCUT2D eigenvalue weighted by atomic mass is 16.1. The van der Waals surface area contributed by atoms with Crippen LogP contribution in [-0.2, 0) is 9.59 Å². The van der Waals surface area contributed by atoms with Crippen LogP contribution in [0.5, 0.6) is 0 Å². The third-order valence-electron chi connectivity index (χ3n) is 3.58. The molecule has 0 atom stereocenters. The van der Waals surface area contributed by atoms with E-state index in [0.717, 1.165) is 12.0 Å². The van der Waals surface area contributed by atoms with E-state index in [1.54, 1.807) is 0 Å². The summed E-state index contributed by atoms with van der Waals surface area (Å²) in [7, 11) is 0. The van der Waals surface area contributed by atoms with Gasteiger partial charge in [-0.2, -0.15) is 0 Å². The quantitative estimate of drug-likeness (QED) is 0.581. The van der Waals surface area contributed by atoms with E-state index in [2.05, 4.69) is 10.3 Å². The zero-order chi connectivity index (χ0) is 16.1. The molecule has 2 N–H and O–H groups in total. The monoisotopic (exact) mass is 299 g/mol. The number of nitrogens with one attached hydrogen (secondary N) is 2. The topological polar surface area (TPSA) is 82.4 Å². The van der Waals surface area contributed by atoms with Crippen molar-refractivity contribution in [2.75, 3.05) is 13.1 Å². The summed E-state index contributed by atoms with van der Waals surface area (Å²) in [6.07, 6.45) is 8.33. The van der Waals surface area contributed by atoms with Crippen LogP contribution in [0.15, 0.2) is 40.6 Å². The molecule has 2 aliphatic rings. The predicted octanol–water partition coefficient (Wildman–Crippen LogP) is 2.00. The molecule has 2 aliphatic heterocycles. The third kappa shape index (κ3) is 3.87. The number of carbonyl (C=O) groups is 2. The number of hydrogen-bond donors (Lipinski definition) is 2. The third-order valence-corrected chi connectivity index (χ3v) is 3.58. The van der Waals surface area contributed by atoms with Crippen molar-refractivity contribution in [3.05, 3.63) is 35.6 Å². The number of allylic oxidation sites excluding steroid dienone is 3. The standard InChI is InChI=1S/C17H21N3O2/c1-11(2)3-4-14(18)17(22)13-9-15(20-10-16(13)21)12-5-7-19-8-6-12/h5-7,9,11,18-19H,3-4,8,10H2,1-2H3. The fourth-order valence-electron chi connectivity index (χ4n) is 2.22. The number of rotatable bonds is 6. The average molecular weight is 299 g/mol. The normalized spacial score (nSPS) is 17.6. The molecule has 0 saturated carbocycles. The van der Waals surface area contributed by atoms with Gasteiger partial charge in [0.1, 0.15) is 6.54 Å². The molecular formula is C17H21N3O2. The average Bonchev–Trinajstić information content (AvgIpc) is 2.53. The van der Waals surface area contributed by atoms with Crippen molar-refractivity contribution < 1.29 is 9.59 Å². The van der Waals surface area contributed by atoms with E-state index >= 15 is 0 Å². The summed E-state index contributed by atoms with van der Waals surface area (Å²) in [5.41, 5.74) is 1.62. The summed E-state index contributed by atoms with van der Waals surface area (Å²) >= 11 is 0. The van der Waals surface area contributed by atoms with Gasteiger partial charge in [-0.3, -0.25) is 14.6 Å². The minimum Gasteiger partial charge on any atom is -0.387 e. The van der Waals surface area contributed by atoms with E-state index < -0.39 is 5.78 Å². The first kappa shape index (κ1) is 16.1. The molecule has 0 spiro atoms. The van der Waals surface area contributed by atoms with Crippen molar-refractivity contribution in [3.63, 3.8) is 0 Å². The van der Waals surface area contributed by atoms with Crippen LogP contribution < -0.4 is 5.32 Å². The highest BCUT2D eigenvalue weighted by Crippen LogP contribution is 2.15. The molecule has 0 radical (unpaired) electrons. The first-order valence-corrected chi connectivity index (χ1v) is 7.51. The zero-order valence-corrected chi connectivity index (χ0v) is 13.0. The van der Waals surface area contributed by atoms with E-state index in [1.807, 2.05) is 32.2 Å². The summed E-state index contributed by atoms with van der Waals surface area (Å²) in [6, 6.07) is 0. The fourth-order valence-corrected chi connectivity index (χ4v) is 2.22. The highest BCUT2D eigenvalue weighted by molar-refractivity contribution is 6.52. The van der Waals surface area contributed by atoms with E-state index in [4.69, 9.17) is 5.41 Å². The first-order valence-electron chi connectivity index (χ1n) is 7.51. The molecule has 22 heavy (non-hydrogen) atoms. The molecule has 2 rings (SSSR count). The number of hydrogen-bond acceptors (Lipinski definition) is 5. The Kier molecular flexibility index (Phi) is 5.20. The second-order valence-corrected chi connectivity index (χ2v) is 5.82. The van der Waals surface area contributed by atoms with Gasteiger partial charge >= 0.3 is 0 Å². The molecule has 0 fully saturated rings. The van der Waals surface area contributed by atoms with Crippen LogP contribution in [0.25, 0.3) is 0 Å². The van der Waals surface area contributed by atoms with Gasteiger partial charge in [0.25, 0.3) is 0 Å². The van der Waals surface area contributed by atoms with Crippen molar-refractivity contribution in [2.45, 2.75) is 26.7 Å². The minimum atomic E-state index is -0.462. The molecule has 0 saturated heterocycles. The van der Waals surface area contributed by atoms with Gasteiger partial charge < -0.3 is 10.7 Å². The maximum absolute atomic E-state index is 12.3. The highest BCUT2D eigenvalue weighted by Gasteiger charge is 2.25. The van der Waals surface area contributed by atoms with Gasteiger partial charge in [-0.15, -0.1) is 0 Å². The molecule has 0 bridgehead atoms. The number of carbonyl (C=O) groups excluding carboxylic acids is 2. The van der Waals surface area contributed by atoms with Crippen molar-refractivity contribution in [1.82, 2.24) is 5.32 Å². The molecule has 116 valence electrons. The first-order chi connectivity index (χ1) is 10.5. The molecule has 0 amide bonds. The van der Waals surface area contributed by atoms with Gasteiger partial charge in [0.15, 0.2) is 5.78 Å². The SMILES string of the molecule is CC(C)CCC(=N)C(=O)C1=CC(C2=CCNC=C2)=NCC1=O. The molecule has 0 aliphatic carbocycles. The summed E-state index contributed by atoms with van der Waals surface area (Å²) in [4.78, 5) is 28.5. The molecular weight excluding hydrogens is 278 g/mol. The smallest absolute Gasteiger partial charge is 0.210 e. The van der Waals surface area contributed by atoms with Crippen molar-refractivity contribution in [3.8, 4) is 0 Å². The number of ketones is 2. The minimum absolute atomic E-state index is 0.00406. The molecule has 5 nitrogen and oxygen atoms in total. The van der Waals surface area contributed by atoms with Crippen LogP contribution in [-0.4, -0.2) is 36.1 Å². The number of Topliss-reactive ketones (excluding diaryl/α,β-unsaturated/α-hetero) is 2. The van der Waals surface area contributed by atoms with Gasteiger partial charge in [-0.05, 0) is 42.7 Å². The second kappa shape index (κ2) is 7.11. The van der Waals surface area contributed by atoms with Crippen molar-refractivity contribution in [2.24, 2.45) is 10.9 Å². The van der Waals surface area contributed by atoms with E-state index in [9.17, 15) is 9.59 Å². The molecule has 0 unspecified atom stereocenters. The van der Waals surface area contributed by atoms with Crippen LogP contribution in [0.3, 0.4) is 0 Å². The largest absolute Gasteiger partial charge is 0.387 e. The summed E-state index contributed by atoms with van der Waals surface area (Å²) in [5.74, 6) is -0.343. The van der Waals surface area contributed by atoms with Gasteiger partial charge in [0.2, 0.25) is 5.78 Å². The maximum atomic E-state index is 12.3. The summed E-state index contributed by atoms with van der Waals surface area (Å²) < 4.78 is 0. The number of aliphatic imine (C=N–C) groups is 1. The lowest BCUT2D eigenvalue weighted by molar-refractivity contribution is -0.118. The Bertz CT molecular complexity index is 622. The van der Waals surface area contributed by atoms with Crippen molar-refractivity contribution in [1.29, 1.82) is 5.41 Å². The fraction of sp³-hybridized carbons (Fsp3) is 0.412. The Hall–Kier alpha value is -2.30. The number of dihydropyridines is 2. The van der Waals surface area contributed by atoms with Gasteiger partial charge in [-0.25, -0.2) is 0 Å². The summed E-state index contributed by atoms with van der Waals surface area (Å²) in [6.45, 7) is 4.76. The Morgan fingerprint density at radius 3 is 2.86 bits per heavy atom. The lowest BCUT2D eigenvalue weighted by Crippen LogP contribution is -2.27. The predicted molar refractivity (Wildman–Crippen MR) is 87.4 cm³/mol. The Morgan fingerprint density at radius 2 is 2.23 bits per heavy atom. The van der Waals surface area contributed by atoms with Crippen molar-refractivity contribution >= 4 is 23.0 Å². The van der Waals surface area contributed by atoms with E-state index in [-0.39, 0.29) is 23.6 Å². The molecule has 0 aromatic carbocycles. The molecule has 5 heteroatoms. The van der Waals surface area contributed by atoms with Crippen LogP contribution in [0, 0.1) is 11.3 Å². The molecule has 0 aromatic rings. The lowest BCUT2D eigenvalue weighted by Gasteiger charge is -2.15. The van der Waals surface area contributed by atoms with Gasteiger partial charge in [-0.1, -0.05) is 19.9 Å². The van der Waals surface area contributed by atoms with Gasteiger partial charge in [0.05, 0.1) is 17.0 Å². The van der Waals surface area contributed by atoms with E-state index in [0.29, 0.717) is 24.6 Å². The van der Waals surface area contributed by atoms with Gasteiger partial charge in [0, 0.05) is 6.54 Å². The summed E-state index contributed by atoms with van der Waals surface area (Å²) in [5, 5.41) is 10.9. The second-order valence-electron chi connectivity index (χ2n) is 5.82.